The van der Waals surface area contributed by atoms with Gasteiger partial charge in [0.25, 0.3) is 0 Å². The van der Waals surface area contributed by atoms with Crippen LogP contribution in [0.5, 0.6) is 5.75 Å². The van der Waals surface area contributed by atoms with Gasteiger partial charge < -0.3 is 15.2 Å². The largest absolute Gasteiger partial charge is 0.491 e. The molecule has 0 heterocycles. The first-order valence-corrected chi connectivity index (χ1v) is 6.13. The first-order valence-electron chi connectivity index (χ1n) is 6.13. The molecule has 0 saturated carbocycles. The maximum absolute atomic E-state index is 13.4. The number of benzene rings is 1. The van der Waals surface area contributed by atoms with Crippen LogP contribution in [0.4, 0.5) is 4.39 Å². The monoisotopic (exact) mass is 255 g/mol. The minimum absolute atomic E-state index is 0.0272. The summed E-state index contributed by atoms with van der Waals surface area (Å²) < 4.78 is 19.0. The second-order valence-corrected chi connectivity index (χ2v) is 5.01. The zero-order chi connectivity index (χ0) is 13.8. The predicted octanol–water partition coefficient (Wildman–Crippen LogP) is 2.26. The molecule has 0 radical (unpaired) electrons. The third-order valence-corrected chi connectivity index (χ3v) is 3.17. The average Bonchev–Trinajstić information content (AvgIpc) is 2.33. The molecule has 1 aromatic rings. The lowest BCUT2D eigenvalue weighted by atomic mass is 9.96. The summed E-state index contributed by atoms with van der Waals surface area (Å²) in [5.74, 6) is 0.250. The van der Waals surface area contributed by atoms with Crippen molar-refractivity contribution in [2.24, 2.45) is 0 Å². The summed E-state index contributed by atoms with van der Waals surface area (Å²) in [6.07, 6.45) is 0.520. The SMILES string of the molecule is CNC(C)(CO)CC(C)Oc1ccc(C)c(F)c1. The van der Waals surface area contributed by atoms with Gasteiger partial charge in [0.2, 0.25) is 0 Å². The molecule has 0 aliphatic heterocycles. The van der Waals surface area contributed by atoms with Gasteiger partial charge in [-0.25, -0.2) is 4.39 Å². The summed E-state index contributed by atoms with van der Waals surface area (Å²) in [6.45, 7) is 5.57. The predicted molar refractivity (Wildman–Crippen MR) is 70.4 cm³/mol. The van der Waals surface area contributed by atoms with Crippen molar-refractivity contribution in [1.82, 2.24) is 5.32 Å². The van der Waals surface area contributed by atoms with E-state index in [9.17, 15) is 9.50 Å². The standard InChI is InChI=1S/C14H22FNO2/c1-10-5-6-12(7-13(10)15)18-11(2)8-14(3,9-17)16-4/h5-7,11,16-17H,8-9H2,1-4H3. The Hall–Kier alpha value is -1.13. The van der Waals surface area contributed by atoms with Gasteiger partial charge in [0.1, 0.15) is 11.6 Å². The lowest BCUT2D eigenvalue weighted by Crippen LogP contribution is -2.46. The number of hydrogen-bond acceptors (Lipinski definition) is 3. The van der Waals surface area contributed by atoms with Crippen molar-refractivity contribution in [3.05, 3.63) is 29.6 Å². The van der Waals surface area contributed by atoms with E-state index in [4.69, 9.17) is 4.74 Å². The van der Waals surface area contributed by atoms with Crippen LogP contribution in [0.3, 0.4) is 0 Å². The second kappa shape index (κ2) is 6.16. The molecular weight excluding hydrogens is 233 g/mol. The highest BCUT2D eigenvalue weighted by atomic mass is 19.1. The van der Waals surface area contributed by atoms with E-state index in [0.717, 1.165) is 0 Å². The quantitative estimate of drug-likeness (QED) is 0.819. The van der Waals surface area contributed by atoms with Crippen LogP contribution >= 0.6 is 0 Å². The summed E-state index contributed by atoms with van der Waals surface area (Å²) in [5.41, 5.74) is 0.216. The van der Waals surface area contributed by atoms with Gasteiger partial charge in [-0.05, 0) is 39.4 Å². The molecule has 1 aromatic carbocycles. The lowest BCUT2D eigenvalue weighted by Gasteiger charge is -2.30. The van der Waals surface area contributed by atoms with E-state index in [-0.39, 0.29) is 24.1 Å². The van der Waals surface area contributed by atoms with E-state index in [0.29, 0.717) is 17.7 Å². The number of halogens is 1. The van der Waals surface area contributed by atoms with Crippen LogP contribution in [0.1, 0.15) is 25.8 Å². The Morgan fingerprint density at radius 1 is 1.50 bits per heavy atom. The Morgan fingerprint density at radius 3 is 2.67 bits per heavy atom. The maximum Gasteiger partial charge on any atom is 0.129 e. The van der Waals surface area contributed by atoms with Gasteiger partial charge in [0.05, 0.1) is 12.7 Å². The Morgan fingerprint density at radius 2 is 2.17 bits per heavy atom. The van der Waals surface area contributed by atoms with Crippen LogP contribution < -0.4 is 10.1 Å². The second-order valence-electron chi connectivity index (χ2n) is 5.01. The summed E-state index contributed by atoms with van der Waals surface area (Å²) >= 11 is 0. The van der Waals surface area contributed by atoms with Crippen molar-refractivity contribution in [3.8, 4) is 5.75 Å². The van der Waals surface area contributed by atoms with Crippen molar-refractivity contribution < 1.29 is 14.2 Å². The molecule has 0 amide bonds. The molecule has 0 spiro atoms. The molecule has 1 rings (SSSR count). The van der Waals surface area contributed by atoms with E-state index in [1.54, 1.807) is 26.1 Å². The van der Waals surface area contributed by atoms with E-state index in [2.05, 4.69) is 5.32 Å². The Balaban J connectivity index is 2.64. The number of ether oxygens (including phenoxy) is 1. The lowest BCUT2D eigenvalue weighted by molar-refractivity contribution is 0.115. The molecule has 2 atom stereocenters. The molecule has 0 fully saturated rings. The van der Waals surface area contributed by atoms with Crippen LogP contribution in [-0.4, -0.2) is 30.4 Å². The number of aryl methyl sites for hydroxylation is 1. The molecule has 3 nitrogen and oxygen atoms in total. The van der Waals surface area contributed by atoms with Gasteiger partial charge in [0.15, 0.2) is 0 Å². The molecule has 0 aromatic heterocycles. The first kappa shape index (κ1) is 14.9. The fourth-order valence-electron chi connectivity index (χ4n) is 1.80. The molecule has 2 N–H and O–H groups in total. The number of aliphatic hydroxyl groups is 1. The zero-order valence-electron chi connectivity index (χ0n) is 11.5. The van der Waals surface area contributed by atoms with Crippen molar-refractivity contribution >= 4 is 0 Å². The maximum atomic E-state index is 13.4. The van der Waals surface area contributed by atoms with E-state index in [1.807, 2.05) is 13.8 Å². The topological polar surface area (TPSA) is 41.5 Å². The van der Waals surface area contributed by atoms with Crippen LogP contribution in [0.25, 0.3) is 0 Å². The Bertz CT molecular complexity index is 391. The van der Waals surface area contributed by atoms with Gasteiger partial charge in [-0.3, -0.25) is 0 Å². The Labute approximate surface area is 108 Å². The third-order valence-electron chi connectivity index (χ3n) is 3.17. The van der Waals surface area contributed by atoms with E-state index in [1.165, 1.54) is 6.07 Å². The highest BCUT2D eigenvalue weighted by Crippen LogP contribution is 2.20. The van der Waals surface area contributed by atoms with E-state index < -0.39 is 0 Å². The smallest absolute Gasteiger partial charge is 0.129 e. The fraction of sp³-hybridized carbons (Fsp3) is 0.571. The summed E-state index contributed by atoms with van der Waals surface area (Å²) in [4.78, 5) is 0. The highest BCUT2D eigenvalue weighted by Gasteiger charge is 2.24. The van der Waals surface area contributed by atoms with E-state index >= 15 is 0 Å². The normalized spacial score (nSPS) is 16.1. The zero-order valence-corrected chi connectivity index (χ0v) is 11.5. The van der Waals surface area contributed by atoms with Gasteiger partial charge in [0, 0.05) is 18.0 Å². The van der Waals surface area contributed by atoms with Crippen molar-refractivity contribution in [2.45, 2.75) is 38.8 Å². The van der Waals surface area contributed by atoms with Gasteiger partial charge in [-0.1, -0.05) is 6.07 Å². The molecule has 4 heteroatoms. The number of likely N-dealkylation sites (N-methyl/N-ethyl adjacent to an activating group) is 1. The van der Waals surface area contributed by atoms with Crippen LogP contribution in [0, 0.1) is 12.7 Å². The van der Waals surface area contributed by atoms with Gasteiger partial charge in [-0.15, -0.1) is 0 Å². The number of nitrogens with one attached hydrogen (secondary N) is 1. The molecule has 2 unspecified atom stereocenters. The van der Waals surface area contributed by atoms with Crippen molar-refractivity contribution in [3.63, 3.8) is 0 Å². The summed E-state index contributed by atoms with van der Waals surface area (Å²) in [6, 6.07) is 4.84. The van der Waals surface area contributed by atoms with Crippen LogP contribution in [0.15, 0.2) is 18.2 Å². The summed E-state index contributed by atoms with van der Waals surface area (Å²) in [7, 11) is 1.80. The van der Waals surface area contributed by atoms with Crippen molar-refractivity contribution in [1.29, 1.82) is 0 Å². The molecule has 18 heavy (non-hydrogen) atoms. The minimum atomic E-state index is -0.386. The molecule has 0 aliphatic rings. The summed E-state index contributed by atoms with van der Waals surface area (Å²) in [5, 5.41) is 12.4. The first-order chi connectivity index (χ1) is 8.40. The highest BCUT2D eigenvalue weighted by molar-refractivity contribution is 5.28. The van der Waals surface area contributed by atoms with Gasteiger partial charge in [-0.2, -0.15) is 0 Å². The fourth-order valence-corrected chi connectivity index (χ4v) is 1.80. The Kier molecular flexibility index (Phi) is 5.11. The average molecular weight is 255 g/mol. The number of hydrogen-bond donors (Lipinski definition) is 2. The molecule has 0 bridgehead atoms. The minimum Gasteiger partial charge on any atom is -0.491 e. The van der Waals surface area contributed by atoms with Crippen molar-refractivity contribution in [2.75, 3.05) is 13.7 Å². The van der Waals surface area contributed by atoms with Crippen LogP contribution in [0.2, 0.25) is 0 Å². The van der Waals surface area contributed by atoms with Crippen LogP contribution in [-0.2, 0) is 0 Å². The number of rotatable bonds is 6. The van der Waals surface area contributed by atoms with Gasteiger partial charge >= 0.3 is 0 Å². The molecule has 0 saturated heterocycles. The molecule has 0 aliphatic carbocycles. The molecule has 102 valence electrons. The third kappa shape index (κ3) is 3.96. The molecular formula is C14H22FNO2. The number of aliphatic hydroxyl groups excluding tert-OH is 1.